The van der Waals surface area contributed by atoms with Crippen LogP contribution in [0.2, 0.25) is 5.02 Å². The number of methoxy groups -OCH3 is 1. The van der Waals surface area contributed by atoms with Gasteiger partial charge in [0, 0.05) is 19.2 Å². The van der Waals surface area contributed by atoms with Crippen LogP contribution < -0.4 is 10.5 Å². The molecule has 1 aromatic rings. The van der Waals surface area contributed by atoms with E-state index in [0.29, 0.717) is 48.3 Å². The number of halogens is 2. The highest BCUT2D eigenvalue weighted by molar-refractivity contribution is 6.33. The molecule has 2 rings (SSSR count). The van der Waals surface area contributed by atoms with E-state index >= 15 is 0 Å². The van der Waals surface area contributed by atoms with Crippen LogP contribution in [0.1, 0.15) is 10.4 Å². The Kier molecular flexibility index (Phi) is 5.72. The van der Waals surface area contributed by atoms with E-state index in [9.17, 15) is 4.79 Å². The van der Waals surface area contributed by atoms with Gasteiger partial charge in [0.25, 0.3) is 5.91 Å². The van der Waals surface area contributed by atoms with Crippen LogP contribution in [0.3, 0.4) is 0 Å². The molecule has 1 saturated heterocycles. The van der Waals surface area contributed by atoms with Crippen LogP contribution in [0.25, 0.3) is 0 Å². The van der Waals surface area contributed by atoms with Crippen LogP contribution in [-0.2, 0) is 4.74 Å². The third-order valence-corrected chi connectivity index (χ3v) is 3.17. The van der Waals surface area contributed by atoms with E-state index in [2.05, 4.69) is 0 Å². The van der Waals surface area contributed by atoms with Crippen LogP contribution in [-0.4, -0.2) is 44.2 Å². The van der Waals surface area contributed by atoms with Gasteiger partial charge in [0.05, 0.1) is 36.6 Å². The molecule has 0 atom stereocenters. The van der Waals surface area contributed by atoms with Crippen molar-refractivity contribution in [2.75, 3.05) is 39.1 Å². The standard InChI is InChI=1S/C12H15ClN2O3.ClH/c1-17-11-7-10(14)9(13)6-8(11)12(16)15-2-4-18-5-3-15;/h6-7H,2-5,14H2,1H3;1H. The molecule has 0 saturated carbocycles. The van der Waals surface area contributed by atoms with E-state index in [-0.39, 0.29) is 18.3 Å². The number of ether oxygens (including phenoxy) is 2. The minimum atomic E-state index is -0.114. The summed E-state index contributed by atoms with van der Waals surface area (Å²) in [5.41, 5.74) is 6.51. The first-order chi connectivity index (χ1) is 8.63. The molecule has 1 amide bonds. The summed E-state index contributed by atoms with van der Waals surface area (Å²) >= 11 is 5.95. The molecular formula is C12H16Cl2N2O3. The number of benzene rings is 1. The van der Waals surface area contributed by atoms with Crippen molar-refractivity contribution in [3.8, 4) is 5.75 Å². The van der Waals surface area contributed by atoms with Gasteiger partial charge < -0.3 is 20.1 Å². The molecule has 0 unspecified atom stereocenters. The SMILES string of the molecule is COc1cc(N)c(Cl)cc1C(=O)N1CCOCC1.Cl. The normalized spacial score (nSPS) is 14.7. The van der Waals surface area contributed by atoms with Crippen LogP contribution in [0.4, 0.5) is 5.69 Å². The van der Waals surface area contributed by atoms with E-state index in [1.807, 2.05) is 0 Å². The van der Waals surface area contributed by atoms with E-state index in [0.717, 1.165) is 0 Å². The van der Waals surface area contributed by atoms with Gasteiger partial charge >= 0.3 is 0 Å². The fourth-order valence-corrected chi connectivity index (χ4v) is 2.01. The highest BCUT2D eigenvalue weighted by atomic mass is 35.5. The van der Waals surface area contributed by atoms with Crippen molar-refractivity contribution in [3.05, 3.63) is 22.7 Å². The number of nitrogen functional groups attached to an aromatic ring is 1. The molecule has 1 heterocycles. The van der Waals surface area contributed by atoms with Gasteiger partial charge in [0.2, 0.25) is 0 Å². The predicted molar refractivity (Wildman–Crippen MR) is 76.4 cm³/mol. The van der Waals surface area contributed by atoms with Gasteiger partial charge in [0.1, 0.15) is 5.75 Å². The van der Waals surface area contributed by atoms with Gasteiger partial charge in [-0.1, -0.05) is 11.6 Å². The van der Waals surface area contributed by atoms with Crippen LogP contribution in [0, 0.1) is 0 Å². The lowest BCUT2D eigenvalue weighted by atomic mass is 10.1. The topological polar surface area (TPSA) is 64.8 Å². The molecule has 0 radical (unpaired) electrons. The first kappa shape index (κ1) is 15.9. The Morgan fingerprint density at radius 2 is 2.05 bits per heavy atom. The number of carbonyl (C=O) groups is 1. The van der Waals surface area contributed by atoms with E-state index < -0.39 is 0 Å². The van der Waals surface area contributed by atoms with Crippen molar-refractivity contribution in [2.45, 2.75) is 0 Å². The molecule has 1 fully saturated rings. The zero-order valence-corrected chi connectivity index (χ0v) is 12.1. The molecule has 0 bridgehead atoms. The van der Waals surface area contributed by atoms with Gasteiger partial charge in [-0.15, -0.1) is 12.4 Å². The molecule has 0 spiro atoms. The summed E-state index contributed by atoms with van der Waals surface area (Å²) in [6.45, 7) is 2.25. The Hall–Kier alpha value is -1.17. The van der Waals surface area contributed by atoms with Crippen molar-refractivity contribution in [3.63, 3.8) is 0 Å². The summed E-state index contributed by atoms with van der Waals surface area (Å²) in [5.74, 6) is 0.324. The maximum absolute atomic E-state index is 12.3. The Balaban J connectivity index is 0.00000180. The number of morpholine rings is 1. The van der Waals surface area contributed by atoms with Gasteiger partial charge in [-0.05, 0) is 6.07 Å². The summed E-state index contributed by atoms with van der Waals surface area (Å²) in [6.07, 6.45) is 0. The Morgan fingerprint density at radius 3 is 2.63 bits per heavy atom. The average Bonchev–Trinajstić information content (AvgIpc) is 2.41. The van der Waals surface area contributed by atoms with Crippen molar-refractivity contribution in [2.24, 2.45) is 0 Å². The molecule has 106 valence electrons. The molecule has 1 aromatic carbocycles. The maximum atomic E-state index is 12.3. The zero-order valence-electron chi connectivity index (χ0n) is 10.5. The second-order valence-electron chi connectivity index (χ2n) is 3.98. The maximum Gasteiger partial charge on any atom is 0.257 e. The number of anilines is 1. The predicted octanol–water partition coefficient (Wildman–Crippen LogP) is 1.82. The van der Waals surface area contributed by atoms with Crippen molar-refractivity contribution in [1.82, 2.24) is 4.90 Å². The number of carbonyl (C=O) groups excluding carboxylic acids is 1. The summed E-state index contributed by atoms with van der Waals surface area (Å²) in [5, 5.41) is 0.354. The molecule has 2 N–H and O–H groups in total. The van der Waals surface area contributed by atoms with Gasteiger partial charge in [-0.25, -0.2) is 0 Å². The van der Waals surface area contributed by atoms with Crippen LogP contribution >= 0.6 is 24.0 Å². The average molecular weight is 307 g/mol. The summed E-state index contributed by atoms with van der Waals surface area (Å²) in [4.78, 5) is 14.1. The second kappa shape index (κ2) is 6.84. The Bertz CT molecular complexity index is 463. The minimum Gasteiger partial charge on any atom is -0.496 e. The van der Waals surface area contributed by atoms with Crippen LogP contribution in [0.15, 0.2) is 12.1 Å². The first-order valence-corrected chi connectivity index (χ1v) is 6.01. The molecule has 5 nitrogen and oxygen atoms in total. The summed E-state index contributed by atoms with van der Waals surface area (Å²) in [6, 6.07) is 3.11. The van der Waals surface area contributed by atoms with E-state index in [1.165, 1.54) is 7.11 Å². The van der Waals surface area contributed by atoms with Gasteiger partial charge in [-0.3, -0.25) is 4.79 Å². The second-order valence-corrected chi connectivity index (χ2v) is 4.39. The van der Waals surface area contributed by atoms with E-state index in [4.69, 9.17) is 26.8 Å². The van der Waals surface area contributed by atoms with Crippen LogP contribution in [0.5, 0.6) is 5.75 Å². The lowest BCUT2D eigenvalue weighted by Crippen LogP contribution is -2.40. The van der Waals surface area contributed by atoms with Gasteiger partial charge in [0.15, 0.2) is 0 Å². The molecule has 0 aromatic heterocycles. The third kappa shape index (κ3) is 3.43. The molecular weight excluding hydrogens is 291 g/mol. The summed E-state index contributed by atoms with van der Waals surface area (Å²) in [7, 11) is 1.50. The molecule has 19 heavy (non-hydrogen) atoms. The number of amides is 1. The fraction of sp³-hybridized carbons (Fsp3) is 0.417. The van der Waals surface area contributed by atoms with Crippen molar-refractivity contribution < 1.29 is 14.3 Å². The Labute approximate surface area is 123 Å². The number of nitrogens with zero attached hydrogens (tertiary/aromatic N) is 1. The smallest absolute Gasteiger partial charge is 0.257 e. The third-order valence-electron chi connectivity index (χ3n) is 2.85. The van der Waals surface area contributed by atoms with Crippen molar-refractivity contribution >= 4 is 35.6 Å². The quantitative estimate of drug-likeness (QED) is 0.847. The number of rotatable bonds is 2. The fourth-order valence-electron chi connectivity index (χ4n) is 1.84. The monoisotopic (exact) mass is 306 g/mol. The summed E-state index contributed by atoms with van der Waals surface area (Å²) < 4.78 is 10.4. The highest BCUT2D eigenvalue weighted by Crippen LogP contribution is 2.29. The first-order valence-electron chi connectivity index (χ1n) is 5.63. The largest absolute Gasteiger partial charge is 0.496 e. The number of hydrogen-bond donors (Lipinski definition) is 1. The zero-order chi connectivity index (χ0) is 13.1. The number of hydrogen-bond acceptors (Lipinski definition) is 4. The van der Waals surface area contributed by atoms with Gasteiger partial charge in [-0.2, -0.15) is 0 Å². The lowest BCUT2D eigenvalue weighted by Gasteiger charge is -2.27. The molecule has 1 aliphatic rings. The molecule has 1 aliphatic heterocycles. The minimum absolute atomic E-state index is 0. The Morgan fingerprint density at radius 1 is 1.42 bits per heavy atom. The lowest BCUT2D eigenvalue weighted by molar-refractivity contribution is 0.0301. The molecule has 7 heteroatoms. The van der Waals surface area contributed by atoms with E-state index in [1.54, 1.807) is 17.0 Å². The number of nitrogens with two attached hydrogens (primary N) is 1. The highest BCUT2D eigenvalue weighted by Gasteiger charge is 2.22. The molecule has 0 aliphatic carbocycles. The van der Waals surface area contributed by atoms with Crippen molar-refractivity contribution in [1.29, 1.82) is 0 Å².